The number of methoxy groups -OCH3 is 1. The quantitative estimate of drug-likeness (QED) is 0.850. The number of rotatable bonds is 5. The van der Waals surface area contributed by atoms with E-state index >= 15 is 0 Å². The second-order valence-corrected chi connectivity index (χ2v) is 4.91. The molecule has 0 bridgehead atoms. The van der Waals surface area contributed by atoms with E-state index in [9.17, 15) is 4.39 Å². The maximum atomic E-state index is 13.5. The minimum Gasteiger partial charge on any atom is -0.383 e. The summed E-state index contributed by atoms with van der Waals surface area (Å²) in [5, 5.41) is 3.49. The Bertz CT molecular complexity index is 363. The predicted octanol–water partition coefficient (Wildman–Crippen LogP) is 2.70. The summed E-state index contributed by atoms with van der Waals surface area (Å²) in [6, 6.07) is 7.97. The first kappa shape index (κ1) is 12.5. The maximum Gasteiger partial charge on any atom is 0.126 e. The highest BCUT2D eigenvalue weighted by atomic mass is 19.1. The second kappa shape index (κ2) is 5.61. The van der Waals surface area contributed by atoms with E-state index in [1.54, 1.807) is 19.2 Å². The number of nitrogens with one attached hydrogen (secondary N) is 1. The minimum absolute atomic E-state index is 0.0686. The lowest BCUT2D eigenvalue weighted by Gasteiger charge is -2.38. The lowest BCUT2D eigenvalue weighted by molar-refractivity contribution is 0.152. The van der Waals surface area contributed by atoms with Gasteiger partial charge in [-0.3, -0.25) is 0 Å². The number of hydrogen-bond donors (Lipinski definition) is 1. The van der Waals surface area contributed by atoms with Gasteiger partial charge in [-0.1, -0.05) is 18.2 Å². The molecule has 0 aliphatic heterocycles. The number of hydrogen-bond acceptors (Lipinski definition) is 2. The molecule has 1 aliphatic carbocycles. The molecule has 17 heavy (non-hydrogen) atoms. The summed E-state index contributed by atoms with van der Waals surface area (Å²) < 4.78 is 18.6. The molecule has 1 saturated carbocycles. The van der Waals surface area contributed by atoms with Crippen LogP contribution in [0.2, 0.25) is 0 Å². The molecule has 3 heteroatoms. The molecule has 0 radical (unpaired) electrons. The van der Waals surface area contributed by atoms with Gasteiger partial charge in [0.15, 0.2) is 0 Å². The Balaban J connectivity index is 1.81. The van der Waals surface area contributed by atoms with E-state index in [0.29, 0.717) is 18.0 Å². The largest absolute Gasteiger partial charge is 0.383 e. The predicted molar refractivity (Wildman–Crippen MR) is 66.6 cm³/mol. The van der Waals surface area contributed by atoms with Crippen LogP contribution in [0.1, 0.15) is 31.2 Å². The van der Waals surface area contributed by atoms with Crippen molar-refractivity contribution in [3.63, 3.8) is 0 Å². The Morgan fingerprint density at radius 1 is 1.41 bits per heavy atom. The van der Waals surface area contributed by atoms with Gasteiger partial charge in [-0.15, -0.1) is 0 Å². The van der Waals surface area contributed by atoms with Crippen LogP contribution in [0.5, 0.6) is 0 Å². The Morgan fingerprint density at radius 2 is 2.12 bits per heavy atom. The topological polar surface area (TPSA) is 21.3 Å². The van der Waals surface area contributed by atoms with Crippen LogP contribution in [0.25, 0.3) is 0 Å². The van der Waals surface area contributed by atoms with Gasteiger partial charge in [-0.25, -0.2) is 4.39 Å². The SMILES string of the molecule is COCC(C)NC1CC(c2ccccc2F)C1. The summed E-state index contributed by atoms with van der Waals surface area (Å²) in [7, 11) is 1.71. The summed E-state index contributed by atoms with van der Waals surface area (Å²) in [5.74, 6) is 0.310. The van der Waals surface area contributed by atoms with E-state index in [2.05, 4.69) is 12.2 Å². The Kier molecular flexibility index (Phi) is 4.13. The van der Waals surface area contributed by atoms with E-state index in [-0.39, 0.29) is 5.82 Å². The first-order valence-corrected chi connectivity index (χ1v) is 6.20. The molecule has 94 valence electrons. The molecule has 1 unspecified atom stereocenters. The van der Waals surface area contributed by atoms with Crippen LogP contribution in [0.15, 0.2) is 24.3 Å². The zero-order valence-electron chi connectivity index (χ0n) is 10.4. The van der Waals surface area contributed by atoms with Crippen molar-refractivity contribution < 1.29 is 9.13 Å². The van der Waals surface area contributed by atoms with Crippen LogP contribution >= 0.6 is 0 Å². The van der Waals surface area contributed by atoms with Crippen molar-refractivity contribution in [2.24, 2.45) is 0 Å². The van der Waals surface area contributed by atoms with Gasteiger partial charge in [-0.2, -0.15) is 0 Å². The van der Waals surface area contributed by atoms with Crippen molar-refractivity contribution in [2.75, 3.05) is 13.7 Å². The zero-order valence-corrected chi connectivity index (χ0v) is 10.4. The molecule has 1 atom stereocenters. The molecule has 1 aromatic rings. The van der Waals surface area contributed by atoms with Gasteiger partial charge >= 0.3 is 0 Å². The average Bonchev–Trinajstić information content (AvgIpc) is 2.25. The van der Waals surface area contributed by atoms with Crippen LogP contribution in [0.3, 0.4) is 0 Å². The molecule has 2 rings (SSSR count). The second-order valence-electron chi connectivity index (χ2n) is 4.91. The summed E-state index contributed by atoms with van der Waals surface area (Å²) in [6.07, 6.45) is 2.05. The molecule has 2 nitrogen and oxygen atoms in total. The molecular weight excluding hydrogens is 217 g/mol. The summed E-state index contributed by atoms with van der Waals surface area (Å²) in [6.45, 7) is 2.83. The van der Waals surface area contributed by atoms with Gasteiger partial charge < -0.3 is 10.1 Å². The Labute approximate surface area is 102 Å². The molecule has 1 fully saturated rings. The number of halogens is 1. The molecule has 0 amide bonds. The number of benzene rings is 1. The molecular formula is C14H20FNO. The fourth-order valence-corrected chi connectivity index (χ4v) is 2.51. The van der Waals surface area contributed by atoms with Crippen molar-refractivity contribution in [1.29, 1.82) is 0 Å². The highest BCUT2D eigenvalue weighted by Gasteiger charge is 2.32. The van der Waals surface area contributed by atoms with Crippen LogP contribution in [-0.2, 0) is 4.74 Å². The van der Waals surface area contributed by atoms with Crippen LogP contribution in [0.4, 0.5) is 4.39 Å². The van der Waals surface area contributed by atoms with Gasteiger partial charge in [0, 0.05) is 19.2 Å². The molecule has 1 aliphatic rings. The van der Waals surface area contributed by atoms with E-state index in [0.717, 1.165) is 25.0 Å². The monoisotopic (exact) mass is 237 g/mol. The molecule has 0 saturated heterocycles. The normalized spacial score (nSPS) is 25.4. The van der Waals surface area contributed by atoms with E-state index in [1.165, 1.54) is 0 Å². The standard InChI is InChI=1S/C14H20FNO/c1-10(9-17-2)16-12-7-11(8-12)13-5-3-4-6-14(13)15/h3-6,10-12,16H,7-9H2,1-2H3. The van der Waals surface area contributed by atoms with E-state index in [1.807, 2.05) is 12.1 Å². The van der Waals surface area contributed by atoms with Crippen molar-refractivity contribution in [1.82, 2.24) is 5.32 Å². The summed E-state index contributed by atoms with van der Waals surface area (Å²) in [4.78, 5) is 0. The third-order valence-electron chi connectivity index (χ3n) is 3.42. The van der Waals surface area contributed by atoms with Crippen LogP contribution < -0.4 is 5.32 Å². The van der Waals surface area contributed by atoms with Crippen LogP contribution in [0, 0.1) is 5.82 Å². The van der Waals surface area contributed by atoms with E-state index < -0.39 is 0 Å². The van der Waals surface area contributed by atoms with E-state index in [4.69, 9.17) is 4.74 Å². The van der Waals surface area contributed by atoms with Crippen molar-refractivity contribution in [2.45, 2.75) is 37.8 Å². The fraction of sp³-hybridized carbons (Fsp3) is 0.571. The highest BCUT2D eigenvalue weighted by molar-refractivity contribution is 5.24. The van der Waals surface area contributed by atoms with Crippen LogP contribution in [-0.4, -0.2) is 25.8 Å². The molecule has 1 aromatic carbocycles. The molecule has 1 N–H and O–H groups in total. The zero-order chi connectivity index (χ0) is 12.3. The lowest BCUT2D eigenvalue weighted by atomic mass is 9.75. The maximum absolute atomic E-state index is 13.5. The third kappa shape index (κ3) is 3.05. The number of ether oxygens (including phenoxy) is 1. The van der Waals surface area contributed by atoms with Gasteiger partial charge in [0.1, 0.15) is 5.82 Å². The smallest absolute Gasteiger partial charge is 0.126 e. The highest BCUT2D eigenvalue weighted by Crippen LogP contribution is 2.38. The van der Waals surface area contributed by atoms with Gasteiger partial charge in [0.2, 0.25) is 0 Å². The summed E-state index contributed by atoms with van der Waals surface area (Å²) >= 11 is 0. The average molecular weight is 237 g/mol. The molecule has 0 heterocycles. The fourth-order valence-electron chi connectivity index (χ4n) is 2.51. The van der Waals surface area contributed by atoms with Gasteiger partial charge in [0.25, 0.3) is 0 Å². The van der Waals surface area contributed by atoms with Gasteiger partial charge in [0.05, 0.1) is 6.61 Å². The van der Waals surface area contributed by atoms with Crippen molar-refractivity contribution >= 4 is 0 Å². The lowest BCUT2D eigenvalue weighted by Crippen LogP contribution is -2.46. The summed E-state index contributed by atoms with van der Waals surface area (Å²) in [5.41, 5.74) is 0.866. The minimum atomic E-state index is -0.0686. The first-order valence-electron chi connectivity index (χ1n) is 6.20. The Morgan fingerprint density at radius 3 is 2.76 bits per heavy atom. The van der Waals surface area contributed by atoms with Crippen molar-refractivity contribution in [3.05, 3.63) is 35.6 Å². The molecule has 0 aromatic heterocycles. The Hall–Kier alpha value is -0.930. The molecule has 0 spiro atoms. The van der Waals surface area contributed by atoms with Gasteiger partial charge in [-0.05, 0) is 37.3 Å². The third-order valence-corrected chi connectivity index (χ3v) is 3.42. The first-order chi connectivity index (χ1) is 8.20. The van der Waals surface area contributed by atoms with Crippen molar-refractivity contribution in [3.8, 4) is 0 Å².